The molecule has 1 amide bonds. The van der Waals surface area contributed by atoms with E-state index in [1.54, 1.807) is 0 Å². The second kappa shape index (κ2) is 72.6. The van der Waals surface area contributed by atoms with Gasteiger partial charge in [0.1, 0.15) is 0 Å². The Labute approximate surface area is 519 Å². The van der Waals surface area contributed by atoms with Crippen LogP contribution in [0.25, 0.3) is 0 Å². The molecule has 0 radical (unpaired) electrons. The fraction of sp³-hybridized carbons (Fsp3) is 0.896. The number of unbranched alkanes of at least 4 members (excludes halogenated alkanes) is 54. The van der Waals surface area contributed by atoms with E-state index >= 15 is 0 Å². The average Bonchev–Trinajstić information content (AvgIpc) is 3.49. The van der Waals surface area contributed by atoms with Crippen molar-refractivity contribution in [1.29, 1.82) is 0 Å². The summed E-state index contributed by atoms with van der Waals surface area (Å²) in [6.07, 6.45) is 93.6. The summed E-state index contributed by atoms with van der Waals surface area (Å²) >= 11 is 0. The van der Waals surface area contributed by atoms with Crippen molar-refractivity contribution < 1.29 is 24.5 Å². The fourth-order valence-electron chi connectivity index (χ4n) is 11.9. The van der Waals surface area contributed by atoms with Gasteiger partial charge in [-0.1, -0.05) is 365 Å². The number of hydrogen-bond donors (Lipinski definition) is 3. The summed E-state index contributed by atoms with van der Waals surface area (Å²) < 4.78 is 5.48. The predicted octanol–water partition coefficient (Wildman–Crippen LogP) is 24.7. The van der Waals surface area contributed by atoms with E-state index in [2.05, 4.69) is 55.6 Å². The zero-order valence-electron chi connectivity index (χ0n) is 56.2. The van der Waals surface area contributed by atoms with Gasteiger partial charge in [-0.25, -0.2) is 0 Å². The van der Waals surface area contributed by atoms with Crippen molar-refractivity contribution in [3.05, 3.63) is 36.5 Å². The molecule has 6 nitrogen and oxygen atoms in total. The summed E-state index contributed by atoms with van der Waals surface area (Å²) in [5, 5.41) is 23.4. The molecular weight excluding hydrogens is 1020 g/mol. The first kappa shape index (κ1) is 81.1. The second-order valence-corrected chi connectivity index (χ2v) is 26.0. The lowest BCUT2D eigenvalue weighted by Crippen LogP contribution is -2.45. The normalized spacial score (nSPS) is 12.7. The van der Waals surface area contributed by atoms with Crippen molar-refractivity contribution in [2.45, 2.75) is 431 Å². The van der Waals surface area contributed by atoms with Crippen LogP contribution in [0.3, 0.4) is 0 Å². The van der Waals surface area contributed by atoms with Gasteiger partial charge in [-0.2, -0.15) is 0 Å². The lowest BCUT2D eigenvalue weighted by molar-refractivity contribution is -0.143. The molecule has 3 N–H and O–H groups in total. The molecule has 2 unspecified atom stereocenters. The summed E-state index contributed by atoms with van der Waals surface area (Å²) in [5.41, 5.74) is 0. The van der Waals surface area contributed by atoms with E-state index in [1.807, 2.05) is 0 Å². The van der Waals surface area contributed by atoms with E-state index in [-0.39, 0.29) is 18.5 Å². The van der Waals surface area contributed by atoms with Gasteiger partial charge in [-0.05, 0) is 77.0 Å². The van der Waals surface area contributed by atoms with Crippen molar-refractivity contribution in [2.24, 2.45) is 0 Å². The highest BCUT2D eigenvalue weighted by Crippen LogP contribution is 2.19. The molecule has 0 aromatic carbocycles. The lowest BCUT2D eigenvalue weighted by Gasteiger charge is -2.22. The first-order valence-electron chi connectivity index (χ1n) is 37.7. The number of allylic oxidation sites excluding steroid dienone is 6. The fourth-order valence-corrected chi connectivity index (χ4v) is 11.9. The predicted molar refractivity (Wildman–Crippen MR) is 366 cm³/mol. The van der Waals surface area contributed by atoms with E-state index in [0.29, 0.717) is 25.9 Å². The van der Waals surface area contributed by atoms with Gasteiger partial charge in [0.2, 0.25) is 5.91 Å². The zero-order valence-corrected chi connectivity index (χ0v) is 56.2. The number of rotatable bonds is 71. The molecule has 0 aromatic heterocycles. The van der Waals surface area contributed by atoms with Crippen molar-refractivity contribution in [2.75, 3.05) is 13.2 Å². The summed E-state index contributed by atoms with van der Waals surface area (Å²) in [6, 6.07) is -0.540. The Hall–Kier alpha value is -1.92. The SMILES string of the molecule is CCCC/C=C\C/C=C\CCCCCCCC(=O)OCCCCCCCCCCCCCC/C=C\CCCCCCCCCCCCCCCCCCC(=O)NC(CO)C(O)CCCCCCCCCCCCCCCCCCCCCC. The molecule has 0 aliphatic rings. The molecule has 0 bridgehead atoms. The third-order valence-corrected chi connectivity index (χ3v) is 17.7. The third kappa shape index (κ3) is 69.1. The highest BCUT2D eigenvalue weighted by atomic mass is 16.5. The van der Waals surface area contributed by atoms with E-state index in [0.717, 1.165) is 51.4 Å². The molecule has 0 aliphatic heterocycles. The van der Waals surface area contributed by atoms with Crippen molar-refractivity contribution in [1.82, 2.24) is 5.32 Å². The summed E-state index contributed by atoms with van der Waals surface area (Å²) in [4.78, 5) is 24.6. The third-order valence-electron chi connectivity index (χ3n) is 17.7. The summed E-state index contributed by atoms with van der Waals surface area (Å²) in [7, 11) is 0. The van der Waals surface area contributed by atoms with Gasteiger partial charge in [0.05, 0.1) is 25.4 Å². The highest BCUT2D eigenvalue weighted by Gasteiger charge is 2.20. The van der Waals surface area contributed by atoms with Gasteiger partial charge in [0.25, 0.3) is 0 Å². The van der Waals surface area contributed by atoms with Gasteiger partial charge in [0, 0.05) is 12.8 Å². The zero-order chi connectivity index (χ0) is 59.9. The van der Waals surface area contributed by atoms with Crippen molar-refractivity contribution >= 4 is 11.9 Å². The summed E-state index contributed by atoms with van der Waals surface area (Å²) in [5.74, 6) is -0.0239. The quantitative estimate of drug-likeness (QED) is 0.0320. The molecular formula is C77H147NO5. The molecule has 0 saturated heterocycles. The highest BCUT2D eigenvalue weighted by molar-refractivity contribution is 5.76. The Bertz CT molecular complexity index is 1340. The number of amides is 1. The molecule has 0 fully saturated rings. The molecule has 0 spiro atoms. The van der Waals surface area contributed by atoms with E-state index in [4.69, 9.17) is 4.74 Å². The minimum Gasteiger partial charge on any atom is -0.466 e. The van der Waals surface area contributed by atoms with Gasteiger partial charge in [0.15, 0.2) is 0 Å². The Balaban J connectivity index is 3.36. The molecule has 490 valence electrons. The molecule has 0 rings (SSSR count). The first-order chi connectivity index (χ1) is 41.0. The molecule has 6 heteroatoms. The van der Waals surface area contributed by atoms with E-state index < -0.39 is 12.1 Å². The van der Waals surface area contributed by atoms with Crippen LogP contribution >= 0.6 is 0 Å². The van der Waals surface area contributed by atoms with Crippen LogP contribution in [-0.4, -0.2) is 47.4 Å². The Morgan fingerprint density at radius 1 is 0.337 bits per heavy atom. The number of carbonyl (C=O) groups is 2. The number of nitrogens with one attached hydrogen (secondary N) is 1. The number of carbonyl (C=O) groups excluding carboxylic acids is 2. The average molecular weight is 1170 g/mol. The summed E-state index contributed by atoms with van der Waals surface area (Å²) in [6.45, 7) is 4.95. The lowest BCUT2D eigenvalue weighted by atomic mass is 10.0. The molecule has 83 heavy (non-hydrogen) atoms. The monoisotopic (exact) mass is 1170 g/mol. The maximum atomic E-state index is 12.6. The van der Waals surface area contributed by atoms with Crippen LogP contribution in [0.5, 0.6) is 0 Å². The van der Waals surface area contributed by atoms with Crippen LogP contribution in [0.2, 0.25) is 0 Å². The number of hydrogen-bond acceptors (Lipinski definition) is 5. The van der Waals surface area contributed by atoms with Crippen molar-refractivity contribution in [3.63, 3.8) is 0 Å². The maximum Gasteiger partial charge on any atom is 0.305 e. The van der Waals surface area contributed by atoms with E-state index in [9.17, 15) is 19.8 Å². The van der Waals surface area contributed by atoms with Crippen molar-refractivity contribution in [3.8, 4) is 0 Å². The van der Waals surface area contributed by atoms with Gasteiger partial charge < -0.3 is 20.3 Å². The molecule has 0 heterocycles. The van der Waals surface area contributed by atoms with Crippen LogP contribution in [-0.2, 0) is 14.3 Å². The number of aliphatic hydroxyl groups is 2. The minimum absolute atomic E-state index is 0.00404. The van der Waals surface area contributed by atoms with Crippen LogP contribution in [0.1, 0.15) is 418 Å². The van der Waals surface area contributed by atoms with Crippen LogP contribution in [0, 0.1) is 0 Å². The van der Waals surface area contributed by atoms with E-state index in [1.165, 1.54) is 334 Å². The molecule has 0 aliphatic carbocycles. The van der Waals surface area contributed by atoms with Crippen LogP contribution in [0.15, 0.2) is 36.5 Å². The number of aliphatic hydroxyl groups excluding tert-OH is 2. The number of esters is 1. The Morgan fingerprint density at radius 3 is 0.964 bits per heavy atom. The molecule has 0 saturated carbocycles. The Morgan fingerprint density at radius 2 is 0.614 bits per heavy atom. The standard InChI is InChI=1S/C77H147NO5/c1-3-5-7-9-11-13-15-17-19-20-21-36-39-42-45-49-53-57-61-65-69-75(80)74(73-79)78-76(81)70-66-62-58-54-50-46-43-40-37-34-32-30-28-26-24-22-23-25-27-29-31-33-35-38-41-44-48-52-56-60-64-68-72-83-77(82)71-67-63-59-55-51-47-18-16-14-12-10-8-6-4-2/h10,12,16,18,25,27,74-75,79-80H,3-9,11,13-15,17,19-24,26,28-73H2,1-2H3,(H,78,81)/b12-10-,18-16-,27-25-. The topological polar surface area (TPSA) is 95.9 Å². The van der Waals surface area contributed by atoms with Crippen LogP contribution < -0.4 is 5.32 Å². The smallest absolute Gasteiger partial charge is 0.305 e. The first-order valence-corrected chi connectivity index (χ1v) is 37.7. The maximum absolute atomic E-state index is 12.6. The van der Waals surface area contributed by atoms with Gasteiger partial charge in [-0.15, -0.1) is 0 Å². The van der Waals surface area contributed by atoms with Gasteiger partial charge >= 0.3 is 5.97 Å². The Kier molecular flexibility index (Phi) is 70.9. The number of ether oxygens (including phenoxy) is 1. The second-order valence-electron chi connectivity index (χ2n) is 26.0. The molecule has 2 atom stereocenters. The van der Waals surface area contributed by atoms with Gasteiger partial charge in [-0.3, -0.25) is 9.59 Å². The molecule has 0 aromatic rings. The van der Waals surface area contributed by atoms with Crippen LogP contribution in [0.4, 0.5) is 0 Å². The largest absolute Gasteiger partial charge is 0.466 e. The minimum atomic E-state index is -0.663.